The van der Waals surface area contributed by atoms with E-state index in [2.05, 4.69) is 13.8 Å². The van der Waals surface area contributed by atoms with Gasteiger partial charge in [0.15, 0.2) is 0 Å². The second-order valence-corrected chi connectivity index (χ2v) is 6.64. The molecule has 0 radical (unpaired) electrons. The van der Waals surface area contributed by atoms with Crippen LogP contribution in [-0.4, -0.2) is 31.1 Å². The molecule has 0 aromatic rings. The van der Waals surface area contributed by atoms with E-state index in [1.54, 1.807) is 11.2 Å². The van der Waals surface area contributed by atoms with Crippen LogP contribution in [0, 0.1) is 5.92 Å². The van der Waals surface area contributed by atoms with Crippen LogP contribution in [0.25, 0.3) is 0 Å². The average Bonchev–Trinajstić information content (AvgIpc) is 2.87. The monoisotopic (exact) mass is 219 g/mol. The zero-order valence-corrected chi connectivity index (χ0v) is 10.2. The molecule has 1 rings (SSSR count). The van der Waals surface area contributed by atoms with Gasteiger partial charge >= 0.3 is 0 Å². The standard InChI is InChI=1S/C10H21NO2S/c1-4-14(12,13)11(10-5-6-10)8-7-9(2)3/h9-10H,4-8H2,1-3H3. The maximum Gasteiger partial charge on any atom is 0.214 e. The van der Waals surface area contributed by atoms with Crippen LogP contribution in [0.5, 0.6) is 0 Å². The molecule has 0 heterocycles. The van der Waals surface area contributed by atoms with Crippen molar-refractivity contribution in [1.82, 2.24) is 4.31 Å². The van der Waals surface area contributed by atoms with Crippen molar-refractivity contribution in [2.45, 2.75) is 46.1 Å². The van der Waals surface area contributed by atoms with Gasteiger partial charge in [-0.3, -0.25) is 0 Å². The van der Waals surface area contributed by atoms with Gasteiger partial charge in [0, 0.05) is 12.6 Å². The van der Waals surface area contributed by atoms with Gasteiger partial charge in [0.1, 0.15) is 0 Å². The molecular formula is C10H21NO2S. The van der Waals surface area contributed by atoms with E-state index in [1.165, 1.54) is 0 Å². The highest BCUT2D eigenvalue weighted by molar-refractivity contribution is 7.89. The minimum atomic E-state index is -2.96. The summed E-state index contributed by atoms with van der Waals surface area (Å²) < 4.78 is 25.2. The van der Waals surface area contributed by atoms with E-state index in [1.807, 2.05) is 0 Å². The van der Waals surface area contributed by atoms with Crippen LogP contribution in [0.3, 0.4) is 0 Å². The molecule has 1 aliphatic rings. The van der Waals surface area contributed by atoms with Gasteiger partial charge in [-0.1, -0.05) is 13.8 Å². The fourth-order valence-corrected chi connectivity index (χ4v) is 2.84. The van der Waals surface area contributed by atoms with Crippen molar-refractivity contribution >= 4 is 10.0 Å². The Morgan fingerprint density at radius 1 is 1.36 bits per heavy atom. The van der Waals surface area contributed by atoms with Crippen molar-refractivity contribution in [2.24, 2.45) is 5.92 Å². The average molecular weight is 219 g/mol. The normalized spacial score (nSPS) is 18.1. The first-order chi connectivity index (χ1) is 6.47. The fraction of sp³-hybridized carbons (Fsp3) is 1.00. The van der Waals surface area contributed by atoms with E-state index in [9.17, 15) is 8.42 Å². The van der Waals surface area contributed by atoms with E-state index in [0.717, 1.165) is 19.3 Å². The number of sulfonamides is 1. The van der Waals surface area contributed by atoms with Gasteiger partial charge in [-0.05, 0) is 32.1 Å². The lowest BCUT2D eigenvalue weighted by Gasteiger charge is -2.21. The van der Waals surface area contributed by atoms with Crippen LogP contribution in [0.1, 0.15) is 40.0 Å². The molecule has 0 atom stereocenters. The van der Waals surface area contributed by atoms with Crippen molar-refractivity contribution < 1.29 is 8.42 Å². The van der Waals surface area contributed by atoms with Gasteiger partial charge in [-0.15, -0.1) is 0 Å². The Bertz CT molecular complexity index is 268. The molecule has 0 bridgehead atoms. The molecule has 0 aromatic carbocycles. The summed E-state index contributed by atoms with van der Waals surface area (Å²) in [7, 11) is -2.96. The predicted octanol–water partition coefficient (Wildman–Crippen LogP) is 1.85. The Morgan fingerprint density at radius 2 is 1.93 bits per heavy atom. The van der Waals surface area contributed by atoms with E-state index < -0.39 is 10.0 Å². The van der Waals surface area contributed by atoms with Crippen LogP contribution >= 0.6 is 0 Å². The zero-order chi connectivity index (χ0) is 10.8. The Hall–Kier alpha value is -0.0900. The van der Waals surface area contributed by atoms with Crippen molar-refractivity contribution in [3.05, 3.63) is 0 Å². The minimum absolute atomic E-state index is 0.238. The molecule has 0 aliphatic heterocycles. The predicted molar refractivity (Wildman–Crippen MR) is 58.6 cm³/mol. The Morgan fingerprint density at radius 3 is 2.29 bits per heavy atom. The van der Waals surface area contributed by atoms with E-state index in [-0.39, 0.29) is 5.75 Å². The van der Waals surface area contributed by atoms with Gasteiger partial charge in [0.2, 0.25) is 10.0 Å². The largest absolute Gasteiger partial charge is 0.214 e. The molecule has 0 N–H and O–H groups in total. The van der Waals surface area contributed by atoms with Gasteiger partial charge in [0.05, 0.1) is 5.75 Å². The molecular weight excluding hydrogens is 198 g/mol. The molecule has 0 aromatic heterocycles. The van der Waals surface area contributed by atoms with Gasteiger partial charge < -0.3 is 0 Å². The summed E-state index contributed by atoms with van der Waals surface area (Å²) in [6, 6.07) is 0.318. The zero-order valence-electron chi connectivity index (χ0n) is 9.36. The summed E-state index contributed by atoms with van der Waals surface area (Å²) in [6.07, 6.45) is 3.07. The maximum absolute atomic E-state index is 11.7. The quantitative estimate of drug-likeness (QED) is 0.683. The number of rotatable bonds is 6. The van der Waals surface area contributed by atoms with E-state index >= 15 is 0 Å². The lowest BCUT2D eigenvalue weighted by Crippen LogP contribution is -2.35. The first-order valence-electron chi connectivity index (χ1n) is 5.47. The van der Waals surface area contributed by atoms with Crippen LogP contribution in [0.2, 0.25) is 0 Å². The third kappa shape index (κ3) is 3.24. The SMILES string of the molecule is CCS(=O)(=O)N(CCC(C)C)C1CC1. The lowest BCUT2D eigenvalue weighted by molar-refractivity contribution is 0.374. The Kier molecular flexibility index (Phi) is 3.95. The van der Waals surface area contributed by atoms with Gasteiger partial charge in [-0.25, -0.2) is 8.42 Å². The van der Waals surface area contributed by atoms with Crippen molar-refractivity contribution in [2.75, 3.05) is 12.3 Å². The van der Waals surface area contributed by atoms with Gasteiger partial charge in [0.25, 0.3) is 0 Å². The third-order valence-electron chi connectivity index (χ3n) is 2.60. The Labute approximate surface area is 87.5 Å². The molecule has 14 heavy (non-hydrogen) atoms. The summed E-state index contributed by atoms with van der Waals surface area (Å²) in [5, 5.41) is 0. The Balaban J connectivity index is 2.56. The molecule has 4 heteroatoms. The molecule has 84 valence electrons. The second-order valence-electron chi connectivity index (χ2n) is 4.42. The first kappa shape index (κ1) is 12.0. The van der Waals surface area contributed by atoms with Crippen LogP contribution in [0.4, 0.5) is 0 Å². The van der Waals surface area contributed by atoms with E-state index in [0.29, 0.717) is 18.5 Å². The molecule has 0 unspecified atom stereocenters. The lowest BCUT2D eigenvalue weighted by atomic mass is 10.1. The fourth-order valence-electron chi connectivity index (χ4n) is 1.46. The molecule has 0 amide bonds. The number of nitrogens with zero attached hydrogens (tertiary/aromatic N) is 1. The highest BCUT2D eigenvalue weighted by atomic mass is 32.2. The summed E-state index contributed by atoms with van der Waals surface area (Å²) >= 11 is 0. The van der Waals surface area contributed by atoms with Crippen molar-refractivity contribution in [1.29, 1.82) is 0 Å². The molecule has 1 saturated carbocycles. The third-order valence-corrected chi connectivity index (χ3v) is 4.53. The highest BCUT2D eigenvalue weighted by Crippen LogP contribution is 2.29. The van der Waals surface area contributed by atoms with Crippen molar-refractivity contribution in [3.8, 4) is 0 Å². The molecule has 1 fully saturated rings. The van der Waals surface area contributed by atoms with Crippen LogP contribution in [0.15, 0.2) is 0 Å². The highest BCUT2D eigenvalue weighted by Gasteiger charge is 2.35. The molecule has 0 spiro atoms. The smallest absolute Gasteiger partial charge is 0.212 e. The van der Waals surface area contributed by atoms with Crippen molar-refractivity contribution in [3.63, 3.8) is 0 Å². The molecule has 0 saturated heterocycles. The minimum Gasteiger partial charge on any atom is -0.212 e. The molecule has 1 aliphatic carbocycles. The number of hydrogen-bond acceptors (Lipinski definition) is 2. The first-order valence-corrected chi connectivity index (χ1v) is 7.07. The molecule has 3 nitrogen and oxygen atoms in total. The van der Waals surface area contributed by atoms with E-state index in [4.69, 9.17) is 0 Å². The maximum atomic E-state index is 11.7. The summed E-state index contributed by atoms with van der Waals surface area (Å²) in [6.45, 7) is 6.69. The van der Waals surface area contributed by atoms with Crippen LogP contribution < -0.4 is 0 Å². The van der Waals surface area contributed by atoms with Crippen LogP contribution in [-0.2, 0) is 10.0 Å². The topological polar surface area (TPSA) is 37.4 Å². The van der Waals surface area contributed by atoms with Gasteiger partial charge in [-0.2, -0.15) is 4.31 Å². The number of hydrogen-bond donors (Lipinski definition) is 0. The summed E-state index contributed by atoms with van der Waals surface area (Å²) in [4.78, 5) is 0. The summed E-state index contributed by atoms with van der Waals surface area (Å²) in [5.74, 6) is 0.810. The summed E-state index contributed by atoms with van der Waals surface area (Å²) in [5.41, 5.74) is 0. The second kappa shape index (κ2) is 4.62.